The number of hydrogen-bond acceptors (Lipinski definition) is 3. The molecular formula is C22H25N3O2. The van der Waals surface area contributed by atoms with E-state index in [0.29, 0.717) is 11.3 Å². The summed E-state index contributed by atoms with van der Waals surface area (Å²) in [6.07, 6.45) is 5.40. The number of carbonyl (C=O) groups excluding carboxylic acids is 2. The van der Waals surface area contributed by atoms with Gasteiger partial charge in [-0.15, -0.1) is 0 Å². The third-order valence-corrected chi connectivity index (χ3v) is 4.91. The molecule has 2 N–H and O–H groups in total. The molecule has 5 nitrogen and oxygen atoms in total. The number of hydrogen-bond donors (Lipinski definition) is 2. The minimum Gasteiger partial charge on any atom is -0.326 e. The van der Waals surface area contributed by atoms with Crippen molar-refractivity contribution in [2.75, 3.05) is 5.32 Å². The van der Waals surface area contributed by atoms with E-state index in [0.717, 1.165) is 37.0 Å². The molecule has 0 unspecified atom stereocenters. The van der Waals surface area contributed by atoms with Gasteiger partial charge < -0.3 is 5.32 Å². The Balaban J connectivity index is 1.56. The molecule has 0 heterocycles. The predicted molar refractivity (Wildman–Crippen MR) is 108 cm³/mol. The summed E-state index contributed by atoms with van der Waals surface area (Å²) in [5.41, 5.74) is 5.47. The van der Waals surface area contributed by atoms with E-state index in [1.54, 1.807) is 24.3 Å². The number of nitrogens with one attached hydrogen (secondary N) is 2. The van der Waals surface area contributed by atoms with Crippen molar-refractivity contribution in [3.63, 3.8) is 0 Å². The lowest BCUT2D eigenvalue weighted by atomic mass is 9.88. The van der Waals surface area contributed by atoms with Gasteiger partial charge in [-0.1, -0.05) is 49.6 Å². The summed E-state index contributed by atoms with van der Waals surface area (Å²) < 4.78 is 0. The lowest BCUT2D eigenvalue weighted by molar-refractivity contribution is -0.120. The largest absolute Gasteiger partial charge is 0.326 e. The van der Waals surface area contributed by atoms with Gasteiger partial charge in [-0.25, -0.2) is 5.43 Å². The van der Waals surface area contributed by atoms with Crippen LogP contribution in [0.25, 0.3) is 0 Å². The Morgan fingerprint density at radius 2 is 1.56 bits per heavy atom. The minimum absolute atomic E-state index is 0.0787. The summed E-state index contributed by atoms with van der Waals surface area (Å²) in [5, 5.41) is 7.10. The molecule has 0 radical (unpaired) electrons. The first-order chi connectivity index (χ1) is 13.1. The van der Waals surface area contributed by atoms with Crippen LogP contribution in [0.2, 0.25) is 0 Å². The van der Waals surface area contributed by atoms with Crippen molar-refractivity contribution in [2.45, 2.75) is 39.0 Å². The van der Waals surface area contributed by atoms with E-state index in [9.17, 15) is 9.59 Å². The van der Waals surface area contributed by atoms with Crippen molar-refractivity contribution < 1.29 is 9.59 Å². The molecule has 2 aromatic carbocycles. The van der Waals surface area contributed by atoms with Gasteiger partial charge in [-0.05, 0) is 49.6 Å². The third-order valence-electron chi connectivity index (χ3n) is 4.91. The maximum Gasteiger partial charge on any atom is 0.271 e. The van der Waals surface area contributed by atoms with E-state index in [1.165, 1.54) is 6.42 Å². The fourth-order valence-corrected chi connectivity index (χ4v) is 3.26. The molecule has 2 aromatic rings. The summed E-state index contributed by atoms with van der Waals surface area (Å²) in [4.78, 5) is 24.5. The quantitative estimate of drug-likeness (QED) is 0.612. The van der Waals surface area contributed by atoms with Crippen molar-refractivity contribution in [2.24, 2.45) is 11.0 Å². The van der Waals surface area contributed by atoms with E-state index in [1.807, 2.05) is 37.3 Å². The molecule has 0 saturated heterocycles. The van der Waals surface area contributed by atoms with Crippen LogP contribution in [0.15, 0.2) is 59.7 Å². The van der Waals surface area contributed by atoms with Gasteiger partial charge in [-0.3, -0.25) is 9.59 Å². The summed E-state index contributed by atoms with van der Waals surface area (Å²) in [6.45, 7) is 1.85. The Kier molecular flexibility index (Phi) is 6.36. The van der Waals surface area contributed by atoms with Crippen LogP contribution in [0.3, 0.4) is 0 Å². The zero-order valence-corrected chi connectivity index (χ0v) is 15.6. The van der Waals surface area contributed by atoms with Crippen molar-refractivity contribution >= 4 is 23.2 Å². The molecule has 1 saturated carbocycles. The molecule has 0 spiro atoms. The van der Waals surface area contributed by atoms with Crippen molar-refractivity contribution in [3.8, 4) is 0 Å². The molecule has 5 heteroatoms. The molecule has 0 aromatic heterocycles. The second-order valence-electron chi connectivity index (χ2n) is 6.91. The Bertz CT molecular complexity index is 807. The highest BCUT2D eigenvalue weighted by atomic mass is 16.2. The van der Waals surface area contributed by atoms with E-state index < -0.39 is 0 Å². The zero-order valence-electron chi connectivity index (χ0n) is 15.6. The Labute approximate surface area is 159 Å². The smallest absolute Gasteiger partial charge is 0.271 e. The molecule has 0 atom stereocenters. The zero-order chi connectivity index (χ0) is 19.1. The van der Waals surface area contributed by atoms with Crippen LogP contribution in [0.4, 0.5) is 5.69 Å². The number of benzene rings is 2. The highest BCUT2D eigenvalue weighted by Crippen LogP contribution is 2.25. The van der Waals surface area contributed by atoms with Crippen molar-refractivity contribution in [1.82, 2.24) is 5.43 Å². The number of carbonyl (C=O) groups is 2. The van der Waals surface area contributed by atoms with Crippen LogP contribution in [-0.4, -0.2) is 17.5 Å². The predicted octanol–water partition coefficient (Wildman–Crippen LogP) is 4.36. The van der Waals surface area contributed by atoms with Gasteiger partial charge in [0.2, 0.25) is 5.91 Å². The lowest BCUT2D eigenvalue weighted by Crippen LogP contribution is -2.24. The molecule has 1 aliphatic carbocycles. The summed E-state index contributed by atoms with van der Waals surface area (Å²) >= 11 is 0. The van der Waals surface area contributed by atoms with Gasteiger partial charge in [0.15, 0.2) is 0 Å². The lowest BCUT2D eigenvalue weighted by Gasteiger charge is -2.20. The first-order valence-electron chi connectivity index (χ1n) is 9.44. The van der Waals surface area contributed by atoms with Crippen LogP contribution >= 0.6 is 0 Å². The molecular weight excluding hydrogens is 338 g/mol. The van der Waals surface area contributed by atoms with E-state index >= 15 is 0 Å². The molecule has 2 amide bonds. The van der Waals surface area contributed by atoms with Gasteiger partial charge in [0.25, 0.3) is 5.91 Å². The van der Waals surface area contributed by atoms with E-state index in [4.69, 9.17) is 0 Å². The first-order valence-corrected chi connectivity index (χ1v) is 9.44. The molecule has 0 aliphatic heterocycles. The molecule has 1 fully saturated rings. The van der Waals surface area contributed by atoms with Gasteiger partial charge >= 0.3 is 0 Å². The molecule has 1 aliphatic rings. The maximum atomic E-state index is 12.3. The van der Waals surface area contributed by atoms with E-state index in [-0.39, 0.29) is 17.7 Å². The van der Waals surface area contributed by atoms with Crippen LogP contribution in [0.1, 0.15) is 54.9 Å². The number of rotatable bonds is 5. The number of amides is 2. The summed E-state index contributed by atoms with van der Waals surface area (Å²) in [7, 11) is 0. The highest BCUT2D eigenvalue weighted by Gasteiger charge is 2.21. The number of nitrogens with zero attached hydrogens (tertiary/aromatic N) is 1. The Morgan fingerprint density at radius 3 is 2.22 bits per heavy atom. The van der Waals surface area contributed by atoms with Gasteiger partial charge in [0.05, 0.1) is 5.71 Å². The Morgan fingerprint density at radius 1 is 0.889 bits per heavy atom. The third kappa shape index (κ3) is 5.26. The van der Waals surface area contributed by atoms with Crippen LogP contribution in [0, 0.1) is 5.92 Å². The standard InChI is InChI=1S/C22H25N3O2/c1-16(17-8-4-2-5-9-17)24-25-22(27)19-12-14-20(15-13-19)23-21(26)18-10-6-3-7-11-18/h2,4-5,8-9,12-15,18H,3,6-7,10-11H2,1H3,(H,23,26)(H,25,27)/b24-16+. The Hall–Kier alpha value is -2.95. The number of hydrazone groups is 1. The fourth-order valence-electron chi connectivity index (χ4n) is 3.26. The molecule has 3 rings (SSSR count). The second kappa shape index (κ2) is 9.12. The highest BCUT2D eigenvalue weighted by molar-refractivity contribution is 6.01. The average Bonchev–Trinajstić information content (AvgIpc) is 2.73. The first kappa shape index (κ1) is 18.8. The second-order valence-corrected chi connectivity index (χ2v) is 6.91. The minimum atomic E-state index is -0.282. The fraction of sp³-hybridized carbons (Fsp3) is 0.318. The monoisotopic (exact) mass is 363 g/mol. The van der Waals surface area contributed by atoms with Crippen LogP contribution in [0.5, 0.6) is 0 Å². The molecule has 27 heavy (non-hydrogen) atoms. The molecule has 140 valence electrons. The van der Waals surface area contributed by atoms with Crippen molar-refractivity contribution in [1.29, 1.82) is 0 Å². The summed E-state index contributed by atoms with van der Waals surface area (Å²) in [5.74, 6) is -0.0950. The normalized spacial score (nSPS) is 15.2. The van der Waals surface area contributed by atoms with Gasteiger partial charge in [0, 0.05) is 17.2 Å². The van der Waals surface area contributed by atoms with Gasteiger partial charge in [0.1, 0.15) is 0 Å². The van der Waals surface area contributed by atoms with Crippen molar-refractivity contribution in [3.05, 3.63) is 65.7 Å². The van der Waals surface area contributed by atoms with E-state index in [2.05, 4.69) is 15.8 Å². The van der Waals surface area contributed by atoms with Crippen LogP contribution in [-0.2, 0) is 4.79 Å². The SMILES string of the molecule is C/C(=N\NC(=O)c1ccc(NC(=O)C2CCCCC2)cc1)c1ccccc1. The maximum absolute atomic E-state index is 12.3. The topological polar surface area (TPSA) is 70.6 Å². The van der Waals surface area contributed by atoms with Gasteiger partial charge in [-0.2, -0.15) is 5.10 Å². The van der Waals surface area contributed by atoms with Crippen LogP contribution < -0.4 is 10.7 Å². The molecule has 0 bridgehead atoms. The summed E-state index contributed by atoms with van der Waals surface area (Å²) in [6, 6.07) is 16.6. The average molecular weight is 363 g/mol. The number of anilines is 1.